The SMILES string of the molecule is CC1=C(OCC(F)(F)C(F)F)N(C)CC(C(=O)NC(C)c2cc(C)nc(NCOCC(C)C)c2)=C1. The first-order valence-corrected chi connectivity index (χ1v) is 11.3. The molecule has 1 atom stereocenters. The van der Waals surface area contributed by atoms with Gasteiger partial charge in [-0.25, -0.2) is 13.8 Å². The number of amides is 1. The Hall–Kier alpha value is -2.82. The Morgan fingerprint density at radius 3 is 2.51 bits per heavy atom. The molecule has 0 saturated carbocycles. The first-order chi connectivity index (χ1) is 16.3. The number of carbonyl (C=O) groups excluding carboxylic acids is 1. The number of alkyl halides is 4. The van der Waals surface area contributed by atoms with Crippen LogP contribution in [0.5, 0.6) is 0 Å². The van der Waals surface area contributed by atoms with Crippen molar-refractivity contribution in [3.05, 3.63) is 46.5 Å². The highest BCUT2D eigenvalue weighted by molar-refractivity contribution is 5.95. The largest absolute Gasteiger partial charge is 0.472 e. The molecule has 1 aromatic rings. The van der Waals surface area contributed by atoms with E-state index in [4.69, 9.17) is 9.47 Å². The number of aryl methyl sites for hydroxylation is 1. The van der Waals surface area contributed by atoms with Gasteiger partial charge < -0.3 is 25.0 Å². The second-order valence-corrected chi connectivity index (χ2v) is 9.07. The number of nitrogens with zero attached hydrogens (tertiary/aromatic N) is 2. The van der Waals surface area contributed by atoms with Gasteiger partial charge in [-0.1, -0.05) is 13.8 Å². The Balaban J connectivity index is 2.05. The van der Waals surface area contributed by atoms with Crippen LogP contribution in [0.2, 0.25) is 0 Å². The van der Waals surface area contributed by atoms with Gasteiger partial charge in [0.25, 0.3) is 0 Å². The van der Waals surface area contributed by atoms with Crippen LogP contribution in [0.25, 0.3) is 0 Å². The third-order valence-corrected chi connectivity index (χ3v) is 5.12. The van der Waals surface area contributed by atoms with E-state index in [9.17, 15) is 22.4 Å². The Morgan fingerprint density at radius 2 is 1.91 bits per heavy atom. The number of anilines is 1. The molecular weight excluding hydrogens is 468 g/mol. The van der Waals surface area contributed by atoms with E-state index in [0.717, 1.165) is 11.3 Å². The molecule has 1 unspecified atom stereocenters. The zero-order chi connectivity index (χ0) is 26.3. The molecule has 1 aliphatic rings. The molecule has 2 heterocycles. The standard InChI is InChI=1S/C24H34F4N4O3/c1-14(2)11-34-13-29-20-9-18(8-16(4)30-20)17(5)31-21(33)19-7-15(3)22(32(6)10-19)35-12-24(27,28)23(25)26/h7-9,14,17,23H,10-13H2,1-6H3,(H,29,30)(H,31,33). The Bertz CT molecular complexity index is 951. The minimum Gasteiger partial charge on any atom is -0.472 e. The lowest BCUT2D eigenvalue weighted by atomic mass is 10.1. The summed E-state index contributed by atoms with van der Waals surface area (Å²) in [5.41, 5.74) is 2.38. The summed E-state index contributed by atoms with van der Waals surface area (Å²) in [6, 6.07) is 3.35. The molecule has 35 heavy (non-hydrogen) atoms. The number of carbonyl (C=O) groups is 1. The fourth-order valence-electron chi connectivity index (χ4n) is 3.41. The van der Waals surface area contributed by atoms with Gasteiger partial charge in [0, 0.05) is 23.9 Å². The topological polar surface area (TPSA) is 75.7 Å². The number of pyridine rings is 1. The third kappa shape index (κ3) is 8.41. The zero-order valence-corrected chi connectivity index (χ0v) is 20.9. The van der Waals surface area contributed by atoms with Crippen LogP contribution in [0.1, 0.15) is 45.0 Å². The molecule has 196 valence electrons. The lowest BCUT2D eigenvalue weighted by molar-refractivity contribution is -0.162. The van der Waals surface area contributed by atoms with E-state index in [2.05, 4.69) is 29.5 Å². The number of hydrogen-bond acceptors (Lipinski definition) is 6. The average molecular weight is 503 g/mol. The summed E-state index contributed by atoms with van der Waals surface area (Å²) < 4.78 is 61.8. The van der Waals surface area contributed by atoms with E-state index >= 15 is 0 Å². The Labute approximate surface area is 203 Å². The van der Waals surface area contributed by atoms with E-state index in [1.165, 1.54) is 18.0 Å². The van der Waals surface area contributed by atoms with Gasteiger partial charge in [0.2, 0.25) is 5.91 Å². The quantitative estimate of drug-likeness (QED) is 0.247. The van der Waals surface area contributed by atoms with Gasteiger partial charge in [-0.15, -0.1) is 0 Å². The molecule has 1 aliphatic heterocycles. The zero-order valence-electron chi connectivity index (χ0n) is 20.9. The first-order valence-electron chi connectivity index (χ1n) is 11.3. The second-order valence-electron chi connectivity index (χ2n) is 9.07. The molecule has 0 bridgehead atoms. The minimum atomic E-state index is -4.26. The fraction of sp³-hybridized carbons (Fsp3) is 0.583. The summed E-state index contributed by atoms with van der Waals surface area (Å²) in [5, 5.41) is 6.04. The normalized spacial score (nSPS) is 15.4. The molecule has 0 saturated heterocycles. The van der Waals surface area contributed by atoms with E-state index in [-0.39, 0.29) is 24.4 Å². The van der Waals surface area contributed by atoms with Crippen LogP contribution >= 0.6 is 0 Å². The maximum Gasteiger partial charge on any atom is 0.340 e. The van der Waals surface area contributed by atoms with Crippen molar-refractivity contribution in [3.63, 3.8) is 0 Å². The molecule has 2 rings (SSSR count). The summed E-state index contributed by atoms with van der Waals surface area (Å²) in [4.78, 5) is 18.8. The lowest BCUT2D eigenvalue weighted by Crippen LogP contribution is -2.38. The Kier molecular flexibility index (Phi) is 9.93. The summed E-state index contributed by atoms with van der Waals surface area (Å²) in [5.74, 6) is -3.54. The van der Waals surface area contributed by atoms with Crippen molar-refractivity contribution in [1.29, 1.82) is 0 Å². The van der Waals surface area contributed by atoms with Crippen LogP contribution < -0.4 is 10.6 Å². The van der Waals surface area contributed by atoms with Crippen LogP contribution in [0.3, 0.4) is 0 Å². The first kappa shape index (κ1) is 28.4. The van der Waals surface area contributed by atoms with E-state index < -0.39 is 19.0 Å². The number of hydrogen-bond donors (Lipinski definition) is 2. The monoisotopic (exact) mass is 502 g/mol. The third-order valence-electron chi connectivity index (χ3n) is 5.12. The highest BCUT2D eigenvalue weighted by Crippen LogP contribution is 2.27. The molecule has 0 aliphatic carbocycles. The lowest BCUT2D eigenvalue weighted by Gasteiger charge is -2.30. The van der Waals surface area contributed by atoms with Crippen molar-refractivity contribution in [1.82, 2.24) is 15.2 Å². The van der Waals surface area contributed by atoms with E-state index in [1.807, 2.05) is 26.0 Å². The van der Waals surface area contributed by atoms with Crippen LogP contribution in [-0.4, -0.2) is 61.7 Å². The van der Waals surface area contributed by atoms with Crippen LogP contribution in [-0.2, 0) is 14.3 Å². The maximum atomic E-state index is 13.2. The van der Waals surface area contributed by atoms with Crippen molar-refractivity contribution in [2.24, 2.45) is 5.92 Å². The second kappa shape index (κ2) is 12.2. The van der Waals surface area contributed by atoms with E-state index in [1.54, 1.807) is 6.92 Å². The van der Waals surface area contributed by atoms with Crippen molar-refractivity contribution in [2.75, 3.05) is 38.9 Å². The molecule has 7 nitrogen and oxygen atoms in total. The average Bonchev–Trinajstić information content (AvgIpc) is 2.75. The summed E-state index contributed by atoms with van der Waals surface area (Å²) in [6.45, 7) is 8.92. The van der Waals surface area contributed by atoms with Gasteiger partial charge in [0.1, 0.15) is 12.5 Å². The van der Waals surface area contributed by atoms with Gasteiger partial charge in [0.05, 0.1) is 19.2 Å². The molecule has 1 aromatic heterocycles. The number of allylic oxidation sites excluding steroid dienone is 2. The molecule has 0 fully saturated rings. The number of rotatable bonds is 12. The molecular formula is C24H34F4N4O3. The molecule has 0 radical (unpaired) electrons. The van der Waals surface area contributed by atoms with Gasteiger partial charge in [-0.2, -0.15) is 8.78 Å². The van der Waals surface area contributed by atoms with Gasteiger partial charge in [-0.3, -0.25) is 4.79 Å². The van der Waals surface area contributed by atoms with Crippen LogP contribution in [0.15, 0.2) is 35.2 Å². The number of ether oxygens (including phenoxy) is 2. The van der Waals surface area contributed by atoms with Crippen molar-refractivity contribution in [2.45, 2.75) is 53.0 Å². The summed E-state index contributed by atoms with van der Waals surface area (Å²) >= 11 is 0. The van der Waals surface area contributed by atoms with Gasteiger partial charge in [-0.05, 0) is 50.5 Å². The predicted molar refractivity (Wildman–Crippen MR) is 125 cm³/mol. The number of aromatic nitrogens is 1. The maximum absolute atomic E-state index is 13.2. The molecule has 0 spiro atoms. The smallest absolute Gasteiger partial charge is 0.340 e. The van der Waals surface area contributed by atoms with E-state index in [0.29, 0.717) is 36.2 Å². The van der Waals surface area contributed by atoms with Gasteiger partial charge in [0.15, 0.2) is 12.5 Å². The fourth-order valence-corrected chi connectivity index (χ4v) is 3.41. The number of halogens is 4. The van der Waals surface area contributed by atoms with Crippen LogP contribution in [0, 0.1) is 12.8 Å². The van der Waals surface area contributed by atoms with Crippen molar-refractivity contribution in [3.8, 4) is 0 Å². The molecule has 2 N–H and O–H groups in total. The molecule has 1 amide bonds. The highest BCUT2D eigenvalue weighted by atomic mass is 19.3. The van der Waals surface area contributed by atoms with Crippen LogP contribution in [0.4, 0.5) is 23.4 Å². The minimum absolute atomic E-state index is 0.0232. The van der Waals surface area contributed by atoms with Crippen molar-refractivity contribution >= 4 is 11.7 Å². The molecule has 11 heteroatoms. The molecule has 0 aromatic carbocycles. The number of likely N-dealkylation sites (N-methyl/N-ethyl adjacent to an activating group) is 1. The van der Waals surface area contributed by atoms with Crippen molar-refractivity contribution < 1.29 is 31.8 Å². The van der Waals surface area contributed by atoms with Gasteiger partial charge >= 0.3 is 12.3 Å². The predicted octanol–water partition coefficient (Wildman–Crippen LogP) is 4.63. The summed E-state index contributed by atoms with van der Waals surface area (Å²) in [7, 11) is 1.54. The highest BCUT2D eigenvalue weighted by Gasteiger charge is 2.42. The Morgan fingerprint density at radius 1 is 1.23 bits per heavy atom. The summed E-state index contributed by atoms with van der Waals surface area (Å²) in [6.07, 6.45) is -2.31. The number of nitrogens with one attached hydrogen (secondary N) is 2.